The monoisotopic (exact) mass is 660 g/mol. The van der Waals surface area contributed by atoms with Gasteiger partial charge in [0, 0.05) is 12.6 Å². The van der Waals surface area contributed by atoms with Crippen LogP contribution in [0, 0.1) is 0 Å². The van der Waals surface area contributed by atoms with Gasteiger partial charge in [0.2, 0.25) is 4.80 Å². The third-order valence-corrected chi connectivity index (χ3v) is 9.82. The number of aromatic nitrogens is 2. The fourth-order valence-electron chi connectivity index (χ4n) is 4.89. The first-order chi connectivity index (χ1) is 21.7. The molecule has 0 saturated carbocycles. The average Bonchev–Trinajstić information content (AvgIpc) is 3.42. The van der Waals surface area contributed by atoms with E-state index in [0.717, 1.165) is 30.9 Å². The molecule has 0 atom stereocenters. The van der Waals surface area contributed by atoms with E-state index < -0.39 is 16.0 Å². The van der Waals surface area contributed by atoms with Crippen LogP contribution in [0.5, 0.6) is 11.5 Å². The van der Waals surface area contributed by atoms with Gasteiger partial charge in [-0.2, -0.15) is 18.3 Å². The van der Waals surface area contributed by atoms with Crippen LogP contribution in [0.4, 0.5) is 0 Å². The van der Waals surface area contributed by atoms with Crippen molar-refractivity contribution in [2.75, 3.05) is 13.7 Å². The number of methoxy groups -OCH3 is 1. The molecule has 0 spiro atoms. The lowest BCUT2D eigenvalue weighted by Crippen LogP contribution is -2.24. The Bertz CT molecular complexity index is 1500. The first-order valence-corrected chi connectivity index (χ1v) is 18.3. The number of rotatable bonds is 22. The van der Waals surface area contributed by atoms with Gasteiger partial charge in [-0.25, -0.2) is 9.48 Å². The van der Waals surface area contributed by atoms with Crippen molar-refractivity contribution < 1.29 is 27.8 Å². The molecule has 0 aliphatic rings. The zero-order valence-electron chi connectivity index (χ0n) is 26.8. The third kappa shape index (κ3) is 12.1. The number of carboxylic acids is 1. The van der Waals surface area contributed by atoms with Gasteiger partial charge in [-0.1, -0.05) is 102 Å². The molecule has 10 nitrogen and oxygen atoms in total. The van der Waals surface area contributed by atoms with E-state index in [1.165, 1.54) is 98.8 Å². The summed E-state index contributed by atoms with van der Waals surface area (Å²) in [4.78, 5) is 13.9. The molecule has 0 amide bonds. The van der Waals surface area contributed by atoms with Gasteiger partial charge in [-0.05, 0) is 48.9 Å². The molecule has 0 bridgehead atoms. The minimum atomic E-state index is -4.25. The Morgan fingerprint density at radius 3 is 2.04 bits per heavy atom. The fourth-order valence-corrected chi connectivity index (χ4v) is 6.79. The van der Waals surface area contributed by atoms with Gasteiger partial charge in [0.15, 0.2) is 0 Å². The van der Waals surface area contributed by atoms with Crippen LogP contribution in [-0.2, 0) is 17.1 Å². The molecule has 2 N–H and O–H groups in total. The number of ether oxygens (including phenoxy) is 2. The van der Waals surface area contributed by atoms with Crippen molar-refractivity contribution in [3.63, 3.8) is 0 Å². The van der Waals surface area contributed by atoms with Gasteiger partial charge in [0.25, 0.3) is 10.0 Å². The number of carboxylic acid groups (broad SMARTS) is 1. The molecule has 45 heavy (non-hydrogen) atoms. The number of nitrogens with zero attached hydrogens (tertiary/aromatic N) is 3. The molecule has 1 aromatic heterocycles. The molecule has 248 valence electrons. The lowest BCUT2D eigenvalue weighted by molar-refractivity contribution is 0.0696. The minimum Gasteiger partial charge on any atom is -0.497 e. The molecule has 0 radical (unpaired) electrons. The summed E-state index contributed by atoms with van der Waals surface area (Å²) < 4.78 is 39.1. The van der Waals surface area contributed by atoms with Crippen LogP contribution in [-0.4, -0.2) is 43.0 Å². The molecule has 3 rings (SSSR count). The van der Waals surface area contributed by atoms with Gasteiger partial charge in [-0.3, -0.25) is 0 Å². The van der Waals surface area contributed by atoms with Crippen molar-refractivity contribution in [2.45, 2.75) is 102 Å². The lowest BCUT2D eigenvalue weighted by Gasteiger charge is -2.12. The third-order valence-electron chi connectivity index (χ3n) is 7.54. The summed E-state index contributed by atoms with van der Waals surface area (Å²) >= 11 is 1.20. The van der Waals surface area contributed by atoms with Crippen LogP contribution >= 0.6 is 11.3 Å². The van der Waals surface area contributed by atoms with Crippen molar-refractivity contribution in [2.24, 2.45) is 12.1 Å². The number of aromatic carboxylic acids is 1. The molecule has 2 aromatic carbocycles. The summed E-state index contributed by atoms with van der Waals surface area (Å²) in [5, 5.41) is 18.6. The number of hydrogen-bond acceptors (Lipinski definition) is 8. The normalized spacial score (nSPS) is 11.9. The van der Waals surface area contributed by atoms with Gasteiger partial charge >= 0.3 is 5.97 Å². The van der Waals surface area contributed by atoms with Crippen molar-refractivity contribution in [3.05, 3.63) is 52.8 Å². The van der Waals surface area contributed by atoms with Crippen LogP contribution < -0.4 is 19.1 Å². The molecule has 0 aliphatic heterocycles. The molecule has 0 unspecified atom stereocenters. The van der Waals surface area contributed by atoms with E-state index in [9.17, 15) is 18.3 Å². The molecule has 3 aromatic rings. The fraction of sp³-hybridized carbons (Fsp3) is 0.545. The highest BCUT2D eigenvalue weighted by atomic mass is 32.2. The molecular weight excluding hydrogens is 613 g/mol. The van der Waals surface area contributed by atoms with Crippen LogP contribution in [0.25, 0.3) is 10.6 Å². The molecule has 0 fully saturated rings. The second-order valence-electron chi connectivity index (χ2n) is 11.2. The summed E-state index contributed by atoms with van der Waals surface area (Å²) in [5.41, 5.74) is 0.665. The van der Waals surface area contributed by atoms with Crippen molar-refractivity contribution >= 4 is 27.3 Å². The number of aryl methyl sites for hydroxylation is 1. The second kappa shape index (κ2) is 19.2. The van der Waals surface area contributed by atoms with Crippen LogP contribution in [0.1, 0.15) is 107 Å². The second-order valence-corrected chi connectivity index (χ2v) is 13.7. The SMILES string of the molecule is CCCCCCCCCCCCCCCCOc1ccc(C(=O)O)cc1S(=O)(=O)N/N=c1/sc(-c2ccc(OC)cc2)nn1C. The van der Waals surface area contributed by atoms with Crippen LogP contribution in [0.3, 0.4) is 0 Å². The predicted molar refractivity (Wildman–Crippen MR) is 178 cm³/mol. The topological polar surface area (TPSA) is 132 Å². The highest BCUT2D eigenvalue weighted by Gasteiger charge is 2.22. The summed E-state index contributed by atoms with van der Waals surface area (Å²) in [6.45, 7) is 2.58. The Balaban J connectivity index is 1.51. The summed E-state index contributed by atoms with van der Waals surface area (Å²) in [7, 11) is -1.01. The number of sulfonamides is 1. The quantitative estimate of drug-likeness (QED) is 0.0842. The maximum atomic E-state index is 13.3. The Kier molecular flexibility index (Phi) is 15.4. The van der Waals surface area contributed by atoms with E-state index in [2.05, 4.69) is 22.0 Å². The van der Waals surface area contributed by atoms with E-state index in [1.54, 1.807) is 14.2 Å². The average molecular weight is 661 g/mol. The summed E-state index contributed by atoms with van der Waals surface area (Å²) in [6.07, 6.45) is 17.3. The van der Waals surface area contributed by atoms with E-state index in [-0.39, 0.29) is 16.2 Å². The Labute approximate surface area is 271 Å². The Hall–Kier alpha value is -3.38. The van der Waals surface area contributed by atoms with Crippen molar-refractivity contribution in [1.29, 1.82) is 0 Å². The first-order valence-electron chi connectivity index (χ1n) is 16.0. The van der Waals surface area contributed by atoms with E-state index in [0.29, 0.717) is 22.2 Å². The number of nitrogens with one attached hydrogen (secondary N) is 1. The molecular formula is C33H48N4O6S2. The van der Waals surface area contributed by atoms with Gasteiger partial charge in [0.05, 0.1) is 19.3 Å². The first kappa shape index (κ1) is 36.1. The van der Waals surface area contributed by atoms with Crippen molar-refractivity contribution in [3.8, 4) is 22.1 Å². The smallest absolute Gasteiger partial charge is 0.335 e. The molecule has 1 heterocycles. The van der Waals surface area contributed by atoms with E-state index in [4.69, 9.17) is 9.47 Å². The number of benzene rings is 2. The number of hydrogen-bond donors (Lipinski definition) is 2. The Morgan fingerprint density at radius 1 is 0.911 bits per heavy atom. The maximum absolute atomic E-state index is 13.3. The van der Waals surface area contributed by atoms with E-state index >= 15 is 0 Å². The highest BCUT2D eigenvalue weighted by Crippen LogP contribution is 2.26. The predicted octanol–water partition coefficient (Wildman–Crippen LogP) is 7.51. The van der Waals surface area contributed by atoms with E-state index in [1.807, 2.05) is 24.3 Å². The summed E-state index contributed by atoms with van der Waals surface area (Å²) in [6, 6.07) is 11.1. The zero-order valence-corrected chi connectivity index (χ0v) is 28.4. The molecule has 0 saturated heterocycles. The van der Waals surface area contributed by atoms with Gasteiger partial charge < -0.3 is 14.6 Å². The maximum Gasteiger partial charge on any atom is 0.335 e. The Morgan fingerprint density at radius 2 is 1.49 bits per heavy atom. The minimum absolute atomic E-state index is 0.0880. The standard InChI is InChI=1S/C33H48N4O6S2/c1-4-5-6-7-8-9-10-11-12-13-14-15-16-17-24-43-29-23-20-27(32(38)39)25-30(29)45(40,41)36-34-33-37(2)35-31(44-33)26-18-21-28(42-3)22-19-26/h18-23,25,36H,4-17,24H2,1-3H3,(H,38,39)/b34-33+. The largest absolute Gasteiger partial charge is 0.497 e. The molecule has 12 heteroatoms. The number of carbonyl (C=O) groups is 1. The highest BCUT2D eigenvalue weighted by molar-refractivity contribution is 7.89. The molecule has 0 aliphatic carbocycles. The number of unbranched alkanes of at least 4 members (excludes halogenated alkanes) is 13. The van der Waals surface area contributed by atoms with Crippen LogP contribution in [0.15, 0.2) is 52.5 Å². The lowest BCUT2D eigenvalue weighted by atomic mass is 10.0. The van der Waals surface area contributed by atoms with Crippen LogP contribution in [0.2, 0.25) is 0 Å². The van der Waals surface area contributed by atoms with Crippen molar-refractivity contribution in [1.82, 2.24) is 14.6 Å². The van der Waals surface area contributed by atoms with Gasteiger partial charge in [0.1, 0.15) is 21.4 Å². The van der Waals surface area contributed by atoms with Gasteiger partial charge in [-0.15, -0.1) is 5.10 Å². The summed E-state index contributed by atoms with van der Waals surface area (Å²) in [5.74, 6) is -0.437. The zero-order chi connectivity index (χ0) is 32.5.